The van der Waals surface area contributed by atoms with Gasteiger partial charge in [0.05, 0.1) is 17.1 Å². The average molecular weight is 514 g/mol. The third kappa shape index (κ3) is 4.36. The summed E-state index contributed by atoms with van der Waals surface area (Å²) in [5.74, 6) is -0.412. The van der Waals surface area contributed by atoms with Gasteiger partial charge >= 0.3 is 0 Å². The van der Waals surface area contributed by atoms with E-state index in [0.717, 1.165) is 4.47 Å². The summed E-state index contributed by atoms with van der Waals surface area (Å²) in [6.45, 7) is 0. The Kier molecular flexibility index (Phi) is 6.13. The van der Waals surface area contributed by atoms with Crippen LogP contribution in [0.25, 0.3) is 11.4 Å². The molecule has 0 aliphatic heterocycles. The van der Waals surface area contributed by atoms with Gasteiger partial charge in [0.25, 0.3) is 5.56 Å². The zero-order chi connectivity index (χ0) is 22.0. The van der Waals surface area contributed by atoms with Crippen LogP contribution in [0.5, 0.6) is 5.88 Å². The van der Waals surface area contributed by atoms with E-state index in [2.05, 4.69) is 26.2 Å². The van der Waals surface area contributed by atoms with Gasteiger partial charge in [-0.2, -0.15) is 5.11 Å². The van der Waals surface area contributed by atoms with Crippen molar-refractivity contribution in [1.29, 1.82) is 0 Å². The fourth-order valence-corrected chi connectivity index (χ4v) is 3.69. The molecule has 0 fully saturated rings. The molecule has 1 aromatic heterocycles. The third-order valence-electron chi connectivity index (χ3n) is 4.40. The summed E-state index contributed by atoms with van der Waals surface area (Å²) >= 11 is 15.0. The molecule has 0 aliphatic rings. The summed E-state index contributed by atoms with van der Waals surface area (Å²) in [6, 6.07) is 22.7. The second kappa shape index (κ2) is 8.97. The van der Waals surface area contributed by atoms with Gasteiger partial charge in [0.1, 0.15) is 0 Å². The summed E-state index contributed by atoms with van der Waals surface area (Å²) < 4.78 is 3.58. The van der Waals surface area contributed by atoms with E-state index in [4.69, 9.17) is 23.8 Å². The minimum absolute atomic E-state index is 0.0748. The number of azo groups is 1. The van der Waals surface area contributed by atoms with Crippen LogP contribution in [0.2, 0.25) is 5.02 Å². The van der Waals surface area contributed by atoms with Crippen molar-refractivity contribution in [2.24, 2.45) is 10.2 Å². The van der Waals surface area contributed by atoms with E-state index in [1.165, 1.54) is 9.13 Å². The highest BCUT2D eigenvalue weighted by molar-refractivity contribution is 9.10. The zero-order valence-electron chi connectivity index (χ0n) is 15.8. The van der Waals surface area contributed by atoms with Gasteiger partial charge in [0.2, 0.25) is 11.6 Å². The van der Waals surface area contributed by atoms with Gasteiger partial charge in [0, 0.05) is 9.50 Å². The van der Waals surface area contributed by atoms with Crippen molar-refractivity contribution in [1.82, 2.24) is 9.13 Å². The SMILES string of the molecule is O=c1c(N=Nc2ccccc2)c(O)n(-c2ccc(Cl)cc2)c(=S)n1-c1ccc(Br)cc1. The molecule has 0 spiro atoms. The van der Waals surface area contributed by atoms with Gasteiger partial charge in [-0.15, -0.1) is 5.11 Å². The Morgan fingerprint density at radius 2 is 1.42 bits per heavy atom. The maximum atomic E-state index is 13.3. The average Bonchev–Trinajstić information content (AvgIpc) is 2.77. The van der Waals surface area contributed by atoms with Crippen molar-refractivity contribution >= 4 is 51.1 Å². The molecule has 31 heavy (non-hydrogen) atoms. The lowest BCUT2D eigenvalue weighted by Crippen LogP contribution is -2.23. The van der Waals surface area contributed by atoms with E-state index in [-0.39, 0.29) is 10.5 Å². The quantitative estimate of drug-likeness (QED) is 0.238. The molecule has 1 heterocycles. The maximum Gasteiger partial charge on any atom is 0.290 e. The Morgan fingerprint density at radius 3 is 2.06 bits per heavy atom. The molecule has 4 aromatic rings. The number of halogens is 2. The molecule has 4 rings (SSSR count). The summed E-state index contributed by atoms with van der Waals surface area (Å²) in [4.78, 5) is 13.3. The van der Waals surface area contributed by atoms with Gasteiger partial charge in [-0.1, -0.05) is 45.7 Å². The smallest absolute Gasteiger partial charge is 0.290 e. The van der Waals surface area contributed by atoms with Crippen molar-refractivity contribution in [3.63, 3.8) is 0 Å². The molecule has 154 valence electrons. The van der Waals surface area contributed by atoms with Gasteiger partial charge in [-0.3, -0.25) is 13.9 Å². The first kappa shape index (κ1) is 21.2. The van der Waals surface area contributed by atoms with Crippen molar-refractivity contribution in [2.45, 2.75) is 0 Å². The number of nitrogens with zero attached hydrogens (tertiary/aromatic N) is 4. The number of hydrogen-bond donors (Lipinski definition) is 1. The van der Waals surface area contributed by atoms with E-state index in [9.17, 15) is 9.90 Å². The Morgan fingerprint density at radius 1 is 0.839 bits per heavy atom. The Hall–Kier alpha value is -3.07. The number of rotatable bonds is 4. The van der Waals surface area contributed by atoms with Gasteiger partial charge in [0.15, 0.2) is 4.77 Å². The predicted octanol–water partition coefficient (Wildman–Crippen LogP) is 6.89. The molecule has 0 unspecified atom stereocenters. The molecule has 9 heteroatoms. The molecule has 0 radical (unpaired) electrons. The van der Waals surface area contributed by atoms with E-state index < -0.39 is 11.4 Å². The first-order valence-electron chi connectivity index (χ1n) is 9.05. The molecule has 0 aliphatic carbocycles. The molecule has 6 nitrogen and oxygen atoms in total. The van der Waals surface area contributed by atoms with E-state index in [1.807, 2.05) is 6.07 Å². The number of aromatic nitrogens is 2. The summed E-state index contributed by atoms with van der Waals surface area (Å²) in [6.07, 6.45) is 0. The molecular formula is C22H14BrClN4O2S. The lowest BCUT2D eigenvalue weighted by molar-refractivity contribution is 0.432. The second-order valence-corrected chi connectivity index (χ2v) is 8.14. The largest absolute Gasteiger partial charge is 0.492 e. The highest BCUT2D eigenvalue weighted by atomic mass is 79.9. The number of aromatic hydroxyl groups is 1. The fourth-order valence-electron chi connectivity index (χ4n) is 2.92. The molecule has 0 atom stereocenters. The van der Waals surface area contributed by atoms with Crippen molar-refractivity contribution in [3.05, 3.63) is 103 Å². The van der Waals surface area contributed by atoms with Crippen molar-refractivity contribution < 1.29 is 5.11 Å². The maximum absolute atomic E-state index is 13.3. The Bertz CT molecular complexity index is 1380. The molecule has 1 N–H and O–H groups in total. The summed E-state index contributed by atoms with van der Waals surface area (Å²) in [5.41, 5.74) is 0.757. The lowest BCUT2D eigenvalue weighted by atomic mass is 10.3. The standard InChI is InChI=1S/C22H14BrClN4O2S/c23-14-6-10-17(11-7-14)27-20(29)19(26-25-16-4-2-1-3-5-16)21(30)28(22(27)31)18-12-8-15(24)9-13-18/h1-13,30H. The van der Waals surface area contributed by atoms with Crippen LogP contribution in [-0.2, 0) is 0 Å². The number of benzene rings is 3. The minimum Gasteiger partial charge on any atom is -0.492 e. The van der Waals surface area contributed by atoms with Gasteiger partial charge < -0.3 is 5.11 Å². The van der Waals surface area contributed by atoms with E-state index >= 15 is 0 Å². The molecular weight excluding hydrogens is 500 g/mol. The number of hydrogen-bond acceptors (Lipinski definition) is 5. The van der Waals surface area contributed by atoms with Gasteiger partial charge in [-0.25, -0.2) is 0 Å². The van der Waals surface area contributed by atoms with Gasteiger partial charge in [-0.05, 0) is 72.9 Å². The van der Waals surface area contributed by atoms with Crippen molar-refractivity contribution in [3.8, 4) is 17.3 Å². The highest BCUT2D eigenvalue weighted by Crippen LogP contribution is 2.29. The van der Waals surface area contributed by atoms with Crippen LogP contribution in [0.3, 0.4) is 0 Å². The molecule has 0 amide bonds. The molecule has 3 aromatic carbocycles. The monoisotopic (exact) mass is 512 g/mol. The predicted molar refractivity (Wildman–Crippen MR) is 127 cm³/mol. The van der Waals surface area contributed by atoms with Crippen LogP contribution in [0.4, 0.5) is 11.4 Å². The lowest BCUT2D eigenvalue weighted by Gasteiger charge is -2.16. The van der Waals surface area contributed by atoms with Crippen LogP contribution in [0, 0.1) is 4.77 Å². The van der Waals surface area contributed by atoms with Crippen LogP contribution in [0.1, 0.15) is 0 Å². The molecule has 0 bridgehead atoms. The Balaban J connectivity index is 2.01. The fraction of sp³-hybridized carbons (Fsp3) is 0. The first-order valence-corrected chi connectivity index (χ1v) is 10.6. The molecule has 0 saturated carbocycles. The van der Waals surface area contributed by atoms with Crippen LogP contribution < -0.4 is 5.56 Å². The second-order valence-electron chi connectivity index (χ2n) is 6.42. The normalized spacial score (nSPS) is 11.2. The van der Waals surface area contributed by atoms with Crippen LogP contribution in [-0.4, -0.2) is 14.2 Å². The summed E-state index contributed by atoms with van der Waals surface area (Å²) in [5, 5.41) is 19.6. The van der Waals surface area contributed by atoms with Crippen LogP contribution >= 0.6 is 39.7 Å². The topological polar surface area (TPSA) is 71.9 Å². The van der Waals surface area contributed by atoms with Crippen molar-refractivity contribution in [2.75, 3.05) is 0 Å². The third-order valence-corrected chi connectivity index (χ3v) is 5.55. The highest BCUT2D eigenvalue weighted by Gasteiger charge is 2.19. The Labute approximate surface area is 195 Å². The first-order chi connectivity index (χ1) is 15.0. The van der Waals surface area contributed by atoms with E-state index in [1.54, 1.807) is 72.8 Å². The minimum atomic E-state index is -0.588. The van der Waals surface area contributed by atoms with Crippen LogP contribution in [0.15, 0.2) is 98.4 Å². The summed E-state index contributed by atoms with van der Waals surface area (Å²) in [7, 11) is 0. The molecule has 0 saturated heterocycles. The van der Waals surface area contributed by atoms with E-state index in [0.29, 0.717) is 22.1 Å². The zero-order valence-corrected chi connectivity index (χ0v) is 19.0.